The average Bonchev–Trinajstić information content (AvgIpc) is 2.28. The van der Waals surface area contributed by atoms with Crippen LogP contribution in [0.2, 0.25) is 0 Å². The molecule has 0 bridgehead atoms. The summed E-state index contributed by atoms with van der Waals surface area (Å²) in [6.07, 6.45) is 3.79. The fraction of sp³-hybridized carbons (Fsp3) is 0.615. The highest BCUT2D eigenvalue weighted by Crippen LogP contribution is 2.22. The third-order valence-electron chi connectivity index (χ3n) is 3.77. The van der Waals surface area contributed by atoms with Gasteiger partial charge in [0.05, 0.1) is 31.1 Å². The molecular weight excluding hydrogens is 214 g/mol. The molecule has 0 spiro atoms. The highest BCUT2D eigenvalue weighted by Gasteiger charge is 2.32. The van der Waals surface area contributed by atoms with E-state index in [-0.39, 0.29) is 0 Å². The van der Waals surface area contributed by atoms with Crippen molar-refractivity contribution in [2.24, 2.45) is 0 Å². The molecule has 0 aliphatic carbocycles. The highest BCUT2D eigenvalue weighted by atomic mass is 16.5. The van der Waals surface area contributed by atoms with E-state index < -0.39 is 0 Å². The van der Waals surface area contributed by atoms with Gasteiger partial charge in [-0.05, 0) is 19.1 Å². The molecule has 0 aromatic carbocycles. The Kier molecular flexibility index (Phi) is 2.99. The van der Waals surface area contributed by atoms with E-state index in [1.54, 1.807) is 0 Å². The van der Waals surface area contributed by atoms with Gasteiger partial charge in [0.2, 0.25) is 0 Å². The molecule has 2 aliphatic heterocycles. The second-order valence-corrected chi connectivity index (χ2v) is 4.94. The zero-order chi connectivity index (χ0) is 11.7. The monoisotopic (exact) mass is 233 g/mol. The van der Waals surface area contributed by atoms with E-state index in [0.717, 1.165) is 32.8 Å². The van der Waals surface area contributed by atoms with E-state index in [1.165, 1.54) is 5.69 Å². The highest BCUT2D eigenvalue weighted by molar-refractivity contribution is 5.45. The second-order valence-electron chi connectivity index (χ2n) is 4.94. The third kappa shape index (κ3) is 2.15. The van der Waals surface area contributed by atoms with Crippen molar-refractivity contribution in [3.63, 3.8) is 0 Å². The molecule has 0 N–H and O–H groups in total. The maximum atomic E-state index is 5.27. The van der Waals surface area contributed by atoms with Crippen LogP contribution in [0.3, 0.4) is 0 Å². The fourth-order valence-corrected chi connectivity index (χ4v) is 2.66. The van der Waals surface area contributed by atoms with Crippen molar-refractivity contribution in [3.8, 4) is 0 Å². The Morgan fingerprint density at radius 2 is 2.24 bits per heavy atom. The van der Waals surface area contributed by atoms with Crippen LogP contribution >= 0.6 is 0 Å². The summed E-state index contributed by atoms with van der Waals surface area (Å²) in [5, 5.41) is 0. The molecule has 4 heteroatoms. The number of ether oxygens (including phenoxy) is 1. The molecular formula is C13H19N3O. The molecule has 1 aromatic heterocycles. The minimum absolute atomic E-state index is 0.550. The predicted octanol–water partition coefficient (Wildman–Crippen LogP) is 0.991. The molecule has 4 nitrogen and oxygen atoms in total. The van der Waals surface area contributed by atoms with Crippen LogP contribution in [-0.2, 0) is 4.74 Å². The van der Waals surface area contributed by atoms with Gasteiger partial charge in [-0.15, -0.1) is 0 Å². The summed E-state index contributed by atoms with van der Waals surface area (Å²) in [5.74, 6) is 0. The van der Waals surface area contributed by atoms with Gasteiger partial charge in [-0.2, -0.15) is 0 Å². The van der Waals surface area contributed by atoms with Gasteiger partial charge in [0.25, 0.3) is 0 Å². The lowest BCUT2D eigenvalue weighted by Crippen LogP contribution is -2.59. The maximum absolute atomic E-state index is 5.27. The van der Waals surface area contributed by atoms with E-state index >= 15 is 0 Å². The van der Waals surface area contributed by atoms with Gasteiger partial charge in [0.15, 0.2) is 0 Å². The largest absolute Gasteiger partial charge is 0.378 e. The van der Waals surface area contributed by atoms with Gasteiger partial charge in [0, 0.05) is 31.9 Å². The molecule has 0 unspecified atom stereocenters. The van der Waals surface area contributed by atoms with Crippen molar-refractivity contribution in [3.05, 3.63) is 24.5 Å². The summed E-state index contributed by atoms with van der Waals surface area (Å²) in [5.41, 5.74) is 1.24. The average molecular weight is 233 g/mol. The number of hydrogen-bond acceptors (Lipinski definition) is 4. The molecule has 0 radical (unpaired) electrons. The first kappa shape index (κ1) is 11.0. The van der Waals surface area contributed by atoms with Crippen LogP contribution in [0.15, 0.2) is 24.5 Å². The molecule has 2 fully saturated rings. The summed E-state index contributed by atoms with van der Waals surface area (Å²) in [7, 11) is 0. The summed E-state index contributed by atoms with van der Waals surface area (Å²) < 4.78 is 5.27. The topological polar surface area (TPSA) is 28.6 Å². The van der Waals surface area contributed by atoms with E-state index in [1.807, 2.05) is 18.5 Å². The van der Waals surface area contributed by atoms with Crippen LogP contribution in [-0.4, -0.2) is 54.8 Å². The summed E-state index contributed by atoms with van der Waals surface area (Å²) in [6.45, 7) is 7.47. The molecule has 17 heavy (non-hydrogen) atoms. The summed E-state index contributed by atoms with van der Waals surface area (Å²) in [6, 6.07) is 5.36. The summed E-state index contributed by atoms with van der Waals surface area (Å²) >= 11 is 0. The van der Waals surface area contributed by atoms with Gasteiger partial charge in [0.1, 0.15) is 0 Å². The number of aromatic nitrogens is 1. The number of nitrogens with zero attached hydrogens (tertiary/aromatic N) is 3. The molecule has 2 aliphatic rings. The Balaban J connectivity index is 1.66. The lowest BCUT2D eigenvalue weighted by atomic mass is 10.1. The molecule has 3 rings (SSSR count). The van der Waals surface area contributed by atoms with Crippen molar-refractivity contribution in [2.75, 3.05) is 37.7 Å². The van der Waals surface area contributed by atoms with Crippen molar-refractivity contribution >= 4 is 5.69 Å². The summed E-state index contributed by atoms with van der Waals surface area (Å²) in [4.78, 5) is 9.20. The molecule has 0 amide bonds. The SMILES string of the molecule is C[C@H]1CN(C2COC2)CCN1c1cccnc1. The number of anilines is 1. The van der Waals surface area contributed by atoms with Crippen molar-refractivity contribution in [1.29, 1.82) is 0 Å². The molecule has 3 heterocycles. The Hall–Kier alpha value is -1.13. The Labute approximate surface area is 102 Å². The molecule has 2 saturated heterocycles. The van der Waals surface area contributed by atoms with Crippen molar-refractivity contribution < 1.29 is 4.74 Å². The van der Waals surface area contributed by atoms with Crippen LogP contribution in [0.4, 0.5) is 5.69 Å². The number of piperazine rings is 1. The zero-order valence-electron chi connectivity index (χ0n) is 10.2. The van der Waals surface area contributed by atoms with E-state index in [4.69, 9.17) is 4.74 Å². The predicted molar refractivity (Wildman–Crippen MR) is 67.2 cm³/mol. The van der Waals surface area contributed by atoms with E-state index in [0.29, 0.717) is 12.1 Å². The Bertz CT molecular complexity index is 366. The van der Waals surface area contributed by atoms with Crippen LogP contribution < -0.4 is 4.90 Å². The first-order valence-electron chi connectivity index (χ1n) is 6.33. The normalized spacial score (nSPS) is 26.9. The fourth-order valence-electron chi connectivity index (χ4n) is 2.66. The smallest absolute Gasteiger partial charge is 0.0645 e. The maximum Gasteiger partial charge on any atom is 0.0645 e. The van der Waals surface area contributed by atoms with Gasteiger partial charge in [-0.1, -0.05) is 0 Å². The zero-order valence-corrected chi connectivity index (χ0v) is 10.2. The van der Waals surface area contributed by atoms with Gasteiger partial charge < -0.3 is 9.64 Å². The molecule has 1 aromatic rings. The third-order valence-corrected chi connectivity index (χ3v) is 3.77. The molecule has 1 atom stereocenters. The lowest BCUT2D eigenvalue weighted by molar-refractivity contribution is -0.0691. The van der Waals surface area contributed by atoms with Crippen molar-refractivity contribution in [2.45, 2.75) is 19.0 Å². The Morgan fingerprint density at radius 1 is 1.35 bits per heavy atom. The van der Waals surface area contributed by atoms with Gasteiger partial charge in [-0.3, -0.25) is 9.88 Å². The minimum atomic E-state index is 0.550. The van der Waals surface area contributed by atoms with Crippen LogP contribution in [0.5, 0.6) is 0 Å². The first-order chi connectivity index (χ1) is 8.34. The second kappa shape index (κ2) is 4.63. The molecule has 92 valence electrons. The number of rotatable bonds is 2. The van der Waals surface area contributed by atoms with E-state index in [9.17, 15) is 0 Å². The Morgan fingerprint density at radius 3 is 2.82 bits per heavy atom. The number of hydrogen-bond donors (Lipinski definition) is 0. The van der Waals surface area contributed by atoms with Gasteiger partial charge >= 0.3 is 0 Å². The standard InChI is InChI=1S/C13H19N3O/c1-11-8-15(13-9-17-10-13)5-6-16(11)12-3-2-4-14-7-12/h2-4,7,11,13H,5-6,8-10H2,1H3/t11-/m0/s1. The van der Waals surface area contributed by atoms with Crippen LogP contribution in [0.25, 0.3) is 0 Å². The van der Waals surface area contributed by atoms with Crippen LogP contribution in [0, 0.1) is 0 Å². The van der Waals surface area contributed by atoms with Crippen molar-refractivity contribution in [1.82, 2.24) is 9.88 Å². The van der Waals surface area contributed by atoms with Gasteiger partial charge in [-0.25, -0.2) is 0 Å². The van der Waals surface area contributed by atoms with Crippen LogP contribution in [0.1, 0.15) is 6.92 Å². The first-order valence-corrected chi connectivity index (χ1v) is 6.33. The number of pyridine rings is 1. The van der Waals surface area contributed by atoms with E-state index in [2.05, 4.69) is 27.8 Å². The molecule has 0 saturated carbocycles. The lowest BCUT2D eigenvalue weighted by Gasteiger charge is -2.46. The quantitative estimate of drug-likeness (QED) is 0.761. The minimum Gasteiger partial charge on any atom is -0.378 e.